The minimum atomic E-state index is 0.716. The van der Waals surface area contributed by atoms with Crippen LogP contribution < -0.4 is 4.74 Å². The van der Waals surface area contributed by atoms with Crippen LogP contribution in [0.4, 0.5) is 0 Å². The smallest absolute Gasteiger partial charge is 0.251 e. The van der Waals surface area contributed by atoms with Crippen molar-refractivity contribution >= 4 is 28.6 Å². The first-order valence-electron chi connectivity index (χ1n) is 3.95. The Labute approximate surface area is 86.0 Å². The lowest BCUT2D eigenvalue weighted by Gasteiger charge is -2.02. The van der Waals surface area contributed by atoms with Crippen molar-refractivity contribution in [2.45, 2.75) is 0 Å². The van der Waals surface area contributed by atoms with E-state index in [1.807, 2.05) is 12.1 Å². The summed E-state index contributed by atoms with van der Waals surface area (Å²) in [5, 5.41) is 1.47. The summed E-state index contributed by atoms with van der Waals surface area (Å²) in [4.78, 5) is 4.18. The van der Waals surface area contributed by atoms with Crippen molar-refractivity contribution in [2.75, 3.05) is 12.3 Å². The first kappa shape index (κ1) is 8.91. The van der Waals surface area contributed by atoms with E-state index in [2.05, 4.69) is 4.99 Å². The van der Waals surface area contributed by atoms with Gasteiger partial charge in [-0.15, -0.1) is 0 Å². The van der Waals surface area contributed by atoms with Gasteiger partial charge in [-0.25, -0.2) is 4.99 Å². The summed E-state index contributed by atoms with van der Waals surface area (Å²) in [6.07, 6.45) is 0. The summed E-state index contributed by atoms with van der Waals surface area (Å²) in [6, 6.07) is 7.28. The standard InChI is InChI=1S/C9H8ClNOS/c10-7-1-3-8(4-2-7)12-9-11-5-6-13-9/h1-4H,5-6H2. The molecule has 0 radical (unpaired) electrons. The quantitative estimate of drug-likeness (QED) is 0.716. The SMILES string of the molecule is Clc1ccc(OC2=NCCS2)cc1. The normalized spacial score (nSPS) is 15.6. The Bertz CT molecular complexity index is 323. The molecule has 0 fully saturated rings. The molecule has 1 aromatic carbocycles. The highest BCUT2D eigenvalue weighted by molar-refractivity contribution is 8.13. The summed E-state index contributed by atoms with van der Waals surface area (Å²) in [6.45, 7) is 0.855. The zero-order chi connectivity index (χ0) is 9.10. The van der Waals surface area contributed by atoms with Crippen molar-refractivity contribution < 1.29 is 4.74 Å². The van der Waals surface area contributed by atoms with Crippen LogP contribution in [0.25, 0.3) is 0 Å². The van der Waals surface area contributed by atoms with Gasteiger partial charge in [0.2, 0.25) is 0 Å². The summed E-state index contributed by atoms with van der Waals surface area (Å²) in [7, 11) is 0. The van der Waals surface area contributed by atoms with Crippen LogP contribution in [0.5, 0.6) is 5.75 Å². The van der Waals surface area contributed by atoms with Crippen molar-refractivity contribution in [3.05, 3.63) is 29.3 Å². The van der Waals surface area contributed by atoms with E-state index in [-0.39, 0.29) is 0 Å². The lowest BCUT2D eigenvalue weighted by atomic mass is 10.3. The molecule has 0 unspecified atom stereocenters. The van der Waals surface area contributed by atoms with E-state index in [0.29, 0.717) is 5.02 Å². The van der Waals surface area contributed by atoms with Crippen LogP contribution in [0.15, 0.2) is 29.3 Å². The van der Waals surface area contributed by atoms with Gasteiger partial charge < -0.3 is 4.74 Å². The second kappa shape index (κ2) is 4.03. The van der Waals surface area contributed by atoms with Crippen molar-refractivity contribution in [1.29, 1.82) is 0 Å². The van der Waals surface area contributed by atoms with Crippen LogP contribution in [0, 0.1) is 0 Å². The van der Waals surface area contributed by atoms with Gasteiger partial charge in [-0.2, -0.15) is 0 Å². The highest BCUT2D eigenvalue weighted by Crippen LogP contribution is 2.20. The van der Waals surface area contributed by atoms with E-state index >= 15 is 0 Å². The van der Waals surface area contributed by atoms with Gasteiger partial charge in [0.05, 0.1) is 6.54 Å². The summed E-state index contributed by atoms with van der Waals surface area (Å²) < 4.78 is 5.48. The highest BCUT2D eigenvalue weighted by atomic mass is 35.5. The van der Waals surface area contributed by atoms with Crippen LogP contribution in [0.2, 0.25) is 5.02 Å². The minimum absolute atomic E-state index is 0.716. The maximum Gasteiger partial charge on any atom is 0.251 e. The molecule has 0 spiro atoms. The second-order valence-electron chi connectivity index (χ2n) is 2.55. The Morgan fingerprint density at radius 1 is 1.31 bits per heavy atom. The molecule has 1 aliphatic rings. The molecule has 0 bridgehead atoms. The monoisotopic (exact) mass is 213 g/mol. The molecule has 1 aliphatic heterocycles. The second-order valence-corrected chi connectivity index (χ2v) is 4.03. The summed E-state index contributed by atoms with van der Waals surface area (Å²) >= 11 is 7.37. The molecule has 1 aromatic rings. The minimum Gasteiger partial charge on any atom is -0.434 e. The average Bonchev–Trinajstić information content (AvgIpc) is 2.62. The molecule has 0 aromatic heterocycles. The Kier molecular flexibility index (Phi) is 2.76. The van der Waals surface area contributed by atoms with E-state index in [9.17, 15) is 0 Å². The molecule has 0 atom stereocenters. The average molecular weight is 214 g/mol. The first-order valence-corrected chi connectivity index (χ1v) is 5.31. The number of halogens is 1. The van der Waals surface area contributed by atoms with E-state index in [1.54, 1.807) is 23.9 Å². The molecule has 0 aliphatic carbocycles. The van der Waals surface area contributed by atoms with Crippen LogP contribution in [0.3, 0.4) is 0 Å². The molecular weight excluding hydrogens is 206 g/mol. The molecule has 2 rings (SSSR count). The van der Waals surface area contributed by atoms with E-state index in [0.717, 1.165) is 23.3 Å². The van der Waals surface area contributed by atoms with Gasteiger partial charge in [-0.05, 0) is 24.3 Å². The fourth-order valence-corrected chi connectivity index (χ4v) is 1.80. The molecule has 4 heteroatoms. The van der Waals surface area contributed by atoms with Crippen LogP contribution in [-0.2, 0) is 0 Å². The van der Waals surface area contributed by atoms with E-state index in [1.165, 1.54) is 0 Å². The number of hydrogen-bond acceptors (Lipinski definition) is 3. The third-order valence-electron chi connectivity index (χ3n) is 1.58. The van der Waals surface area contributed by atoms with Gasteiger partial charge in [-0.1, -0.05) is 23.4 Å². The Balaban J connectivity index is 2.05. The van der Waals surface area contributed by atoms with Crippen LogP contribution >= 0.6 is 23.4 Å². The number of thioether (sulfide) groups is 1. The zero-order valence-corrected chi connectivity index (χ0v) is 8.44. The summed E-state index contributed by atoms with van der Waals surface area (Å²) in [5.74, 6) is 1.81. The largest absolute Gasteiger partial charge is 0.434 e. The maximum atomic E-state index is 5.74. The van der Waals surface area contributed by atoms with Crippen molar-refractivity contribution in [3.8, 4) is 5.75 Å². The highest BCUT2D eigenvalue weighted by Gasteiger charge is 2.08. The number of benzene rings is 1. The molecular formula is C9H8ClNOS. The number of rotatable bonds is 1. The zero-order valence-electron chi connectivity index (χ0n) is 6.87. The molecule has 68 valence electrons. The first-order chi connectivity index (χ1) is 6.34. The third-order valence-corrected chi connectivity index (χ3v) is 2.67. The fraction of sp³-hybridized carbons (Fsp3) is 0.222. The number of nitrogens with zero attached hydrogens (tertiary/aromatic N) is 1. The van der Waals surface area contributed by atoms with Crippen LogP contribution in [-0.4, -0.2) is 17.5 Å². The van der Waals surface area contributed by atoms with Crippen molar-refractivity contribution in [3.63, 3.8) is 0 Å². The lowest BCUT2D eigenvalue weighted by Crippen LogP contribution is -1.99. The Hall–Kier alpha value is -0.670. The number of aliphatic imine (C=N–C) groups is 1. The van der Waals surface area contributed by atoms with Crippen molar-refractivity contribution in [1.82, 2.24) is 0 Å². The molecule has 0 saturated carbocycles. The van der Waals surface area contributed by atoms with Gasteiger partial charge in [0.15, 0.2) is 0 Å². The Morgan fingerprint density at radius 2 is 2.08 bits per heavy atom. The van der Waals surface area contributed by atoms with E-state index < -0.39 is 0 Å². The van der Waals surface area contributed by atoms with Crippen LogP contribution in [0.1, 0.15) is 0 Å². The molecule has 0 N–H and O–H groups in total. The van der Waals surface area contributed by atoms with Gasteiger partial charge in [0, 0.05) is 10.8 Å². The molecule has 2 nitrogen and oxygen atoms in total. The predicted octanol–water partition coefficient (Wildman–Crippen LogP) is 2.82. The number of hydrogen-bond donors (Lipinski definition) is 0. The Morgan fingerprint density at radius 3 is 2.69 bits per heavy atom. The fourth-order valence-electron chi connectivity index (χ4n) is 0.981. The lowest BCUT2D eigenvalue weighted by molar-refractivity contribution is 0.566. The van der Waals surface area contributed by atoms with E-state index in [4.69, 9.17) is 16.3 Å². The molecule has 0 saturated heterocycles. The number of ether oxygens (including phenoxy) is 1. The molecule has 13 heavy (non-hydrogen) atoms. The molecule has 1 heterocycles. The van der Waals surface area contributed by atoms with Gasteiger partial charge in [0.25, 0.3) is 5.23 Å². The molecule has 0 amide bonds. The van der Waals surface area contributed by atoms with Gasteiger partial charge in [-0.3, -0.25) is 0 Å². The van der Waals surface area contributed by atoms with Crippen molar-refractivity contribution in [2.24, 2.45) is 4.99 Å². The predicted molar refractivity (Wildman–Crippen MR) is 56.8 cm³/mol. The van der Waals surface area contributed by atoms with Gasteiger partial charge >= 0.3 is 0 Å². The summed E-state index contributed by atoms with van der Waals surface area (Å²) in [5.41, 5.74) is 0. The third kappa shape index (κ3) is 2.39. The topological polar surface area (TPSA) is 21.6 Å². The maximum absolute atomic E-state index is 5.74. The van der Waals surface area contributed by atoms with Gasteiger partial charge in [0.1, 0.15) is 5.75 Å².